The normalized spacial score (nSPS) is 9.68. The molecular formula is C15H13N2O2+. The molecule has 2 rings (SSSR count). The summed E-state index contributed by atoms with van der Waals surface area (Å²) in [7, 11) is 1.35. The number of methoxy groups -OCH3 is 1. The lowest BCUT2D eigenvalue weighted by Crippen LogP contribution is -2.04. The van der Waals surface area contributed by atoms with Gasteiger partial charge in [0.2, 0.25) is 5.39 Å². The molecule has 0 atom stereocenters. The topological polar surface area (TPSA) is 54.5 Å². The van der Waals surface area contributed by atoms with Crippen molar-refractivity contribution in [2.24, 2.45) is 0 Å². The van der Waals surface area contributed by atoms with Crippen LogP contribution in [0.1, 0.15) is 5.56 Å². The fraction of sp³-hybridized carbons (Fsp3) is 0.133. The summed E-state index contributed by atoms with van der Waals surface area (Å²) >= 11 is 0. The van der Waals surface area contributed by atoms with Gasteiger partial charge in [0.05, 0.1) is 19.1 Å². The Labute approximate surface area is 111 Å². The molecule has 0 N–H and O–H groups in total. The van der Waals surface area contributed by atoms with E-state index in [-0.39, 0.29) is 12.4 Å². The molecule has 0 aromatic heterocycles. The minimum absolute atomic E-state index is 0.161. The van der Waals surface area contributed by atoms with Gasteiger partial charge in [-0.05, 0) is 17.2 Å². The van der Waals surface area contributed by atoms with E-state index in [0.717, 1.165) is 16.7 Å². The highest BCUT2D eigenvalue weighted by molar-refractivity contribution is 5.80. The fourth-order valence-corrected chi connectivity index (χ4v) is 1.87. The highest BCUT2D eigenvalue weighted by Crippen LogP contribution is 2.31. The van der Waals surface area contributed by atoms with Gasteiger partial charge in [0.1, 0.15) is 0 Å². The summed E-state index contributed by atoms with van der Waals surface area (Å²) in [5, 5.41) is 9.10. The number of diazo groups is 1. The van der Waals surface area contributed by atoms with E-state index in [9.17, 15) is 4.79 Å². The minimum atomic E-state index is -0.323. The number of esters is 1. The van der Waals surface area contributed by atoms with Crippen LogP contribution in [0.4, 0.5) is 5.69 Å². The van der Waals surface area contributed by atoms with Crippen molar-refractivity contribution in [3.05, 3.63) is 59.1 Å². The summed E-state index contributed by atoms with van der Waals surface area (Å²) in [6.07, 6.45) is 0.161. The first-order chi connectivity index (χ1) is 9.24. The number of ether oxygens (including phenoxy) is 1. The number of nitrogens with zero attached hydrogens (tertiary/aromatic N) is 2. The Kier molecular flexibility index (Phi) is 3.89. The SMILES string of the molecule is COC(=O)Cc1ccc(-c2ccccc2)c([N+]#N)c1. The van der Waals surface area contributed by atoms with E-state index in [1.54, 1.807) is 6.07 Å². The number of hydrogen-bond donors (Lipinski definition) is 0. The van der Waals surface area contributed by atoms with Crippen molar-refractivity contribution in [1.82, 2.24) is 0 Å². The van der Waals surface area contributed by atoms with Gasteiger partial charge in [0, 0.05) is 6.07 Å². The zero-order chi connectivity index (χ0) is 13.7. The van der Waals surface area contributed by atoms with Crippen LogP contribution in [0, 0.1) is 5.39 Å². The zero-order valence-electron chi connectivity index (χ0n) is 10.5. The average molecular weight is 253 g/mol. The van der Waals surface area contributed by atoms with Crippen LogP contribution in [0.5, 0.6) is 0 Å². The van der Waals surface area contributed by atoms with E-state index < -0.39 is 0 Å². The van der Waals surface area contributed by atoms with Crippen molar-refractivity contribution in [2.45, 2.75) is 6.42 Å². The molecule has 0 saturated carbocycles. The van der Waals surface area contributed by atoms with Gasteiger partial charge in [0.25, 0.3) is 0 Å². The number of carbonyl (C=O) groups is 1. The van der Waals surface area contributed by atoms with Crippen LogP contribution < -0.4 is 0 Å². The standard InChI is InChI=1S/C15H13N2O2/c1-19-15(18)10-11-7-8-13(14(9-11)17-16)12-5-3-2-4-6-12/h2-9H,10H2,1H3/q+1. The van der Waals surface area contributed by atoms with Gasteiger partial charge in [-0.15, -0.1) is 0 Å². The smallest absolute Gasteiger partial charge is 0.393 e. The summed E-state index contributed by atoms with van der Waals surface area (Å²) in [5.74, 6) is -0.323. The monoisotopic (exact) mass is 253 g/mol. The Morgan fingerprint density at radius 3 is 2.58 bits per heavy atom. The zero-order valence-corrected chi connectivity index (χ0v) is 10.5. The van der Waals surface area contributed by atoms with Crippen LogP contribution in [0.3, 0.4) is 0 Å². The van der Waals surface area contributed by atoms with Gasteiger partial charge >= 0.3 is 11.7 Å². The van der Waals surface area contributed by atoms with E-state index in [4.69, 9.17) is 5.39 Å². The molecule has 4 nitrogen and oxygen atoms in total. The molecule has 2 aromatic carbocycles. The molecule has 0 heterocycles. The highest BCUT2D eigenvalue weighted by Gasteiger charge is 2.17. The van der Waals surface area contributed by atoms with Crippen molar-refractivity contribution >= 4 is 11.7 Å². The molecule has 0 aliphatic heterocycles. The number of rotatable bonds is 3. The van der Waals surface area contributed by atoms with Crippen LogP contribution in [-0.2, 0) is 16.0 Å². The maximum Gasteiger partial charge on any atom is 0.393 e. The maximum absolute atomic E-state index is 11.2. The predicted molar refractivity (Wildman–Crippen MR) is 72.3 cm³/mol. The summed E-state index contributed by atoms with van der Waals surface area (Å²) in [5.41, 5.74) is 2.96. The van der Waals surface area contributed by atoms with Crippen molar-refractivity contribution in [1.29, 1.82) is 5.39 Å². The van der Waals surface area contributed by atoms with Crippen LogP contribution in [0.2, 0.25) is 0 Å². The molecule has 0 amide bonds. The Morgan fingerprint density at radius 1 is 1.21 bits per heavy atom. The lowest BCUT2D eigenvalue weighted by Gasteiger charge is -2.01. The summed E-state index contributed by atoms with van der Waals surface area (Å²) < 4.78 is 4.61. The van der Waals surface area contributed by atoms with E-state index >= 15 is 0 Å². The van der Waals surface area contributed by atoms with Crippen LogP contribution in [0.15, 0.2) is 48.5 Å². The van der Waals surface area contributed by atoms with Crippen molar-refractivity contribution in [2.75, 3.05) is 7.11 Å². The minimum Gasteiger partial charge on any atom is -0.469 e. The molecule has 0 aliphatic carbocycles. The van der Waals surface area contributed by atoms with E-state index in [2.05, 4.69) is 9.71 Å². The molecule has 0 bridgehead atoms. The van der Waals surface area contributed by atoms with E-state index in [1.807, 2.05) is 42.5 Å². The molecule has 0 radical (unpaired) electrons. The van der Waals surface area contributed by atoms with Gasteiger partial charge in [0.15, 0.2) is 4.98 Å². The van der Waals surface area contributed by atoms with Gasteiger partial charge in [-0.1, -0.05) is 36.4 Å². The number of hydrogen-bond acceptors (Lipinski definition) is 3. The number of carbonyl (C=O) groups excluding carboxylic acids is 1. The third-order valence-electron chi connectivity index (χ3n) is 2.83. The van der Waals surface area contributed by atoms with Crippen molar-refractivity contribution in [3.8, 4) is 11.1 Å². The van der Waals surface area contributed by atoms with Gasteiger partial charge in [-0.3, -0.25) is 4.79 Å². The third-order valence-corrected chi connectivity index (χ3v) is 2.83. The first-order valence-corrected chi connectivity index (χ1v) is 5.85. The molecule has 2 aromatic rings. The summed E-state index contributed by atoms with van der Waals surface area (Å²) in [6, 6.07) is 15.0. The van der Waals surface area contributed by atoms with Crippen LogP contribution >= 0.6 is 0 Å². The van der Waals surface area contributed by atoms with Crippen LogP contribution in [0.25, 0.3) is 16.1 Å². The average Bonchev–Trinajstić information content (AvgIpc) is 2.47. The Bertz CT molecular complexity index is 630. The first-order valence-electron chi connectivity index (χ1n) is 5.85. The fourth-order valence-electron chi connectivity index (χ4n) is 1.87. The van der Waals surface area contributed by atoms with Crippen molar-refractivity contribution < 1.29 is 9.53 Å². The van der Waals surface area contributed by atoms with Crippen molar-refractivity contribution in [3.63, 3.8) is 0 Å². The Morgan fingerprint density at radius 2 is 1.95 bits per heavy atom. The Balaban J connectivity index is 2.38. The second-order valence-corrected chi connectivity index (χ2v) is 4.07. The third kappa shape index (κ3) is 2.96. The molecule has 0 spiro atoms. The lowest BCUT2D eigenvalue weighted by atomic mass is 10.0. The molecule has 0 saturated heterocycles. The quantitative estimate of drug-likeness (QED) is 0.620. The highest BCUT2D eigenvalue weighted by atomic mass is 16.5. The summed E-state index contributed by atoms with van der Waals surface area (Å²) in [4.78, 5) is 14.5. The first kappa shape index (κ1) is 12.8. The second kappa shape index (κ2) is 5.78. The van der Waals surface area contributed by atoms with Gasteiger partial charge < -0.3 is 4.74 Å². The van der Waals surface area contributed by atoms with E-state index in [1.165, 1.54) is 7.11 Å². The molecule has 0 fully saturated rings. The van der Waals surface area contributed by atoms with Crippen LogP contribution in [-0.4, -0.2) is 13.1 Å². The molecule has 19 heavy (non-hydrogen) atoms. The molecular weight excluding hydrogens is 240 g/mol. The maximum atomic E-state index is 11.2. The number of benzene rings is 2. The lowest BCUT2D eigenvalue weighted by molar-refractivity contribution is -0.139. The summed E-state index contributed by atoms with van der Waals surface area (Å²) in [6.45, 7) is 0. The molecule has 94 valence electrons. The van der Waals surface area contributed by atoms with Gasteiger partial charge in [-0.2, -0.15) is 0 Å². The molecule has 0 aliphatic rings. The largest absolute Gasteiger partial charge is 0.469 e. The predicted octanol–water partition coefficient (Wildman–Crippen LogP) is 3.55. The van der Waals surface area contributed by atoms with Gasteiger partial charge in [-0.25, -0.2) is 0 Å². The molecule has 0 unspecified atom stereocenters. The molecule has 4 heteroatoms. The second-order valence-electron chi connectivity index (χ2n) is 4.07. The Hall–Kier alpha value is -2.67. The van der Waals surface area contributed by atoms with E-state index in [0.29, 0.717) is 5.69 Å².